The van der Waals surface area contributed by atoms with Crippen LogP contribution in [0.5, 0.6) is 5.75 Å². The van der Waals surface area contributed by atoms with Crippen LogP contribution in [-0.2, 0) is 0 Å². The Morgan fingerprint density at radius 2 is 2.16 bits per heavy atom. The molecule has 1 aromatic heterocycles. The number of benzene rings is 1. The van der Waals surface area contributed by atoms with Crippen molar-refractivity contribution < 1.29 is 9.53 Å². The highest BCUT2D eigenvalue weighted by atomic mass is 32.2. The molecule has 0 saturated carbocycles. The van der Waals surface area contributed by atoms with Crippen LogP contribution in [0.2, 0.25) is 0 Å². The number of thioether (sulfide) groups is 1. The number of carbonyl (C=O) groups is 1. The maximum absolute atomic E-state index is 12.4. The molecule has 0 aliphatic carbocycles. The average Bonchev–Trinajstić information content (AvgIpc) is 2.97. The molecule has 0 aliphatic rings. The minimum absolute atomic E-state index is 0.116. The van der Waals surface area contributed by atoms with E-state index in [1.165, 1.54) is 23.1 Å². The quantitative estimate of drug-likeness (QED) is 0.604. The maximum atomic E-state index is 12.4. The number of rotatable bonds is 6. The topological polar surface area (TPSA) is 52.1 Å². The second-order valence-electron chi connectivity index (χ2n) is 3.81. The molecule has 0 N–H and O–H groups in total. The molecule has 0 amide bonds. The van der Waals surface area contributed by atoms with Gasteiger partial charge in [-0.2, -0.15) is 0 Å². The molecule has 4 nitrogen and oxygen atoms in total. The van der Waals surface area contributed by atoms with Crippen molar-refractivity contribution in [1.82, 2.24) is 10.2 Å². The largest absolute Gasteiger partial charge is 0.497 e. The van der Waals surface area contributed by atoms with E-state index in [0.717, 1.165) is 16.5 Å². The number of carbonyl (C=O) groups excluding carboxylic acids is 1. The maximum Gasteiger partial charge on any atom is 0.176 e. The summed E-state index contributed by atoms with van der Waals surface area (Å²) in [5.74, 6) is 0.867. The molecule has 2 rings (SSSR count). The van der Waals surface area contributed by atoms with Crippen molar-refractivity contribution in [3.05, 3.63) is 35.3 Å². The van der Waals surface area contributed by atoms with Crippen molar-refractivity contribution >= 4 is 28.9 Å². The van der Waals surface area contributed by atoms with Gasteiger partial charge in [0.25, 0.3) is 0 Å². The van der Waals surface area contributed by atoms with Gasteiger partial charge in [-0.1, -0.05) is 30.0 Å². The van der Waals surface area contributed by atoms with E-state index < -0.39 is 0 Å². The van der Waals surface area contributed by atoms with E-state index in [9.17, 15) is 4.79 Å². The van der Waals surface area contributed by atoms with Crippen LogP contribution in [0, 0.1) is 0 Å². The molecular formula is C13H14N2O2S2. The smallest absolute Gasteiger partial charge is 0.176 e. The Morgan fingerprint density at radius 3 is 2.68 bits per heavy atom. The zero-order chi connectivity index (χ0) is 13.7. The molecule has 0 fully saturated rings. The Kier molecular flexibility index (Phi) is 4.93. The van der Waals surface area contributed by atoms with Crippen molar-refractivity contribution in [2.45, 2.75) is 22.9 Å². The first-order valence-corrected chi connectivity index (χ1v) is 7.61. The lowest BCUT2D eigenvalue weighted by atomic mass is 10.1. The molecule has 1 atom stereocenters. The second-order valence-corrected chi connectivity index (χ2v) is 6.10. The fraction of sp³-hybridized carbons (Fsp3) is 0.308. The molecule has 0 aliphatic heterocycles. The van der Waals surface area contributed by atoms with Gasteiger partial charge in [-0.15, -0.1) is 10.2 Å². The van der Waals surface area contributed by atoms with Crippen LogP contribution in [-0.4, -0.2) is 28.3 Å². The summed E-state index contributed by atoms with van der Waals surface area (Å²) in [5.41, 5.74) is 2.37. The molecule has 1 heterocycles. The third-order valence-corrected chi connectivity index (χ3v) is 4.80. The molecule has 1 aromatic carbocycles. The van der Waals surface area contributed by atoms with Crippen LogP contribution >= 0.6 is 23.1 Å². The number of methoxy groups -OCH3 is 1. The molecule has 100 valence electrons. The average molecular weight is 294 g/mol. The van der Waals surface area contributed by atoms with Crippen LogP contribution in [0.3, 0.4) is 0 Å². The van der Waals surface area contributed by atoms with Crippen molar-refractivity contribution in [1.29, 1.82) is 0 Å². The Labute approximate surface area is 120 Å². The normalized spacial score (nSPS) is 12.1. The number of Topliss-reactive ketones (excluding diaryl/α,β-unsaturated/α-hetero) is 1. The Balaban J connectivity index is 2.10. The summed E-state index contributed by atoms with van der Waals surface area (Å²) in [5, 5.41) is 7.63. The third kappa shape index (κ3) is 3.54. The minimum atomic E-state index is -0.124. The predicted molar refractivity (Wildman–Crippen MR) is 77.2 cm³/mol. The summed E-state index contributed by atoms with van der Waals surface area (Å²) in [6.45, 7) is 2.00. The highest BCUT2D eigenvalue weighted by Crippen LogP contribution is 2.29. The van der Waals surface area contributed by atoms with Crippen molar-refractivity contribution in [2.75, 3.05) is 7.11 Å². The number of hydrogen-bond donors (Lipinski definition) is 0. The Bertz CT molecular complexity index is 526. The van der Waals surface area contributed by atoms with Gasteiger partial charge in [0.2, 0.25) is 0 Å². The summed E-state index contributed by atoms with van der Waals surface area (Å²) < 4.78 is 5.92. The Hall–Kier alpha value is -1.40. The standard InChI is InChI=1S/C13H14N2O2S2/c1-3-11(19-13-15-14-8-18-13)12(16)9-4-6-10(17-2)7-5-9/h4-8,11H,3H2,1-2H3/t11-/m1/s1. The van der Waals surface area contributed by atoms with Crippen LogP contribution < -0.4 is 4.74 Å². The van der Waals surface area contributed by atoms with Gasteiger partial charge in [0.1, 0.15) is 11.3 Å². The van der Waals surface area contributed by atoms with E-state index in [1.54, 1.807) is 36.9 Å². The van der Waals surface area contributed by atoms with E-state index in [-0.39, 0.29) is 11.0 Å². The monoisotopic (exact) mass is 294 g/mol. The molecule has 0 spiro atoms. The van der Waals surface area contributed by atoms with Gasteiger partial charge in [-0.25, -0.2) is 0 Å². The fourth-order valence-electron chi connectivity index (χ4n) is 1.60. The molecule has 0 saturated heterocycles. The highest BCUT2D eigenvalue weighted by molar-refractivity contribution is 8.02. The zero-order valence-corrected chi connectivity index (χ0v) is 12.3. The first-order valence-electron chi connectivity index (χ1n) is 5.85. The molecule has 0 bridgehead atoms. The lowest BCUT2D eigenvalue weighted by molar-refractivity contribution is 0.0988. The summed E-state index contributed by atoms with van der Waals surface area (Å²) >= 11 is 2.93. The van der Waals surface area contributed by atoms with Crippen molar-refractivity contribution in [2.24, 2.45) is 0 Å². The summed E-state index contributed by atoms with van der Waals surface area (Å²) in [4.78, 5) is 12.4. The third-order valence-electron chi connectivity index (χ3n) is 2.62. The Morgan fingerprint density at radius 1 is 1.42 bits per heavy atom. The first kappa shape index (κ1) is 14.0. The van der Waals surface area contributed by atoms with Gasteiger partial charge in [0.15, 0.2) is 10.1 Å². The number of nitrogens with zero attached hydrogens (tertiary/aromatic N) is 2. The summed E-state index contributed by atoms with van der Waals surface area (Å²) in [6.07, 6.45) is 0.759. The lowest BCUT2D eigenvalue weighted by Gasteiger charge is -2.11. The first-order chi connectivity index (χ1) is 9.24. The number of ketones is 1. The number of aromatic nitrogens is 2. The minimum Gasteiger partial charge on any atom is -0.497 e. The molecule has 6 heteroatoms. The van der Waals surface area contributed by atoms with Gasteiger partial charge in [0, 0.05) is 5.56 Å². The highest BCUT2D eigenvalue weighted by Gasteiger charge is 2.20. The van der Waals surface area contributed by atoms with Gasteiger partial charge in [-0.05, 0) is 30.7 Å². The van der Waals surface area contributed by atoms with Gasteiger partial charge >= 0.3 is 0 Å². The second kappa shape index (κ2) is 6.68. The number of ether oxygens (including phenoxy) is 1. The van der Waals surface area contributed by atoms with Crippen molar-refractivity contribution in [3.8, 4) is 5.75 Å². The summed E-state index contributed by atoms with van der Waals surface area (Å²) in [7, 11) is 1.61. The molecule has 2 aromatic rings. The lowest BCUT2D eigenvalue weighted by Crippen LogP contribution is -2.16. The van der Waals surface area contributed by atoms with E-state index in [1.807, 2.05) is 6.92 Å². The van der Waals surface area contributed by atoms with E-state index in [4.69, 9.17) is 4.74 Å². The summed E-state index contributed by atoms with van der Waals surface area (Å²) in [6, 6.07) is 7.19. The van der Waals surface area contributed by atoms with E-state index in [2.05, 4.69) is 10.2 Å². The molecule has 19 heavy (non-hydrogen) atoms. The zero-order valence-electron chi connectivity index (χ0n) is 10.7. The van der Waals surface area contributed by atoms with Gasteiger partial charge < -0.3 is 4.74 Å². The molecule has 0 radical (unpaired) electrons. The van der Waals surface area contributed by atoms with Gasteiger partial charge in [-0.3, -0.25) is 4.79 Å². The fourth-order valence-corrected chi connectivity index (χ4v) is 3.33. The molecule has 0 unspecified atom stereocenters. The van der Waals surface area contributed by atoms with E-state index in [0.29, 0.717) is 5.56 Å². The van der Waals surface area contributed by atoms with Crippen LogP contribution in [0.15, 0.2) is 34.1 Å². The predicted octanol–water partition coefficient (Wildman–Crippen LogP) is 3.30. The van der Waals surface area contributed by atoms with Gasteiger partial charge in [0.05, 0.1) is 12.4 Å². The van der Waals surface area contributed by atoms with Crippen LogP contribution in [0.4, 0.5) is 0 Å². The van der Waals surface area contributed by atoms with Crippen molar-refractivity contribution in [3.63, 3.8) is 0 Å². The van der Waals surface area contributed by atoms with Crippen LogP contribution in [0.25, 0.3) is 0 Å². The molecular weight excluding hydrogens is 280 g/mol. The van der Waals surface area contributed by atoms with Crippen LogP contribution in [0.1, 0.15) is 23.7 Å². The van der Waals surface area contributed by atoms with E-state index >= 15 is 0 Å². The number of hydrogen-bond acceptors (Lipinski definition) is 6. The SMILES string of the molecule is CC[C@@H](Sc1nncs1)C(=O)c1ccc(OC)cc1.